The van der Waals surface area contributed by atoms with Crippen LogP contribution in [0.1, 0.15) is 21.5 Å². The summed E-state index contributed by atoms with van der Waals surface area (Å²) in [7, 11) is 0. The van der Waals surface area contributed by atoms with Gasteiger partial charge < -0.3 is 0 Å². The molecule has 4 heteroatoms. The average Bonchev–Trinajstić information content (AvgIpc) is 2.48. The lowest BCUT2D eigenvalue weighted by Crippen LogP contribution is -1.96. The van der Waals surface area contributed by atoms with Crippen molar-refractivity contribution in [2.45, 2.75) is 0 Å². The molecule has 2 rings (SSSR count). The smallest absolute Gasteiger partial charge is 0.185 e. The maximum absolute atomic E-state index is 13.0. The zero-order chi connectivity index (χ0) is 14.5. The first-order valence-electron chi connectivity index (χ1n) is 5.78. The van der Waals surface area contributed by atoms with Gasteiger partial charge >= 0.3 is 0 Å². The molecule has 0 fully saturated rings. The lowest BCUT2D eigenvalue weighted by atomic mass is 10.1. The van der Waals surface area contributed by atoms with Crippen LogP contribution < -0.4 is 0 Å². The van der Waals surface area contributed by atoms with Crippen molar-refractivity contribution >= 4 is 11.9 Å². The van der Waals surface area contributed by atoms with Crippen molar-refractivity contribution in [1.82, 2.24) is 0 Å². The van der Waals surface area contributed by atoms with E-state index in [-0.39, 0.29) is 5.56 Å². The van der Waals surface area contributed by atoms with E-state index < -0.39 is 17.4 Å². The lowest BCUT2D eigenvalue weighted by Gasteiger charge is -1.97. The van der Waals surface area contributed by atoms with Crippen LogP contribution in [0.5, 0.6) is 0 Å². The third-order valence-corrected chi connectivity index (χ3v) is 2.67. The van der Waals surface area contributed by atoms with Crippen LogP contribution in [0.4, 0.5) is 8.78 Å². The fourth-order valence-electron chi connectivity index (χ4n) is 1.59. The summed E-state index contributed by atoms with van der Waals surface area (Å²) in [4.78, 5) is 11.8. The molecule has 2 aromatic rings. The summed E-state index contributed by atoms with van der Waals surface area (Å²) in [6, 6.07) is 11.6. The molecule has 0 amide bonds. The zero-order valence-corrected chi connectivity index (χ0v) is 10.3. The topological polar surface area (TPSA) is 40.9 Å². The Kier molecular flexibility index (Phi) is 4.02. The van der Waals surface area contributed by atoms with Gasteiger partial charge in [-0.25, -0.2) is 8.78 Å². The molecular formula is C16H9F2NO. The normalized spacial score (nSPS) is 10.4. The highest BCUT2D eigenvalue weighted by Crippen LogP contribution is 2.11. The van der Waals surface area contributed by atoms with Crippen molar-refractivity contribution in [3.05, 3.63) is 76.9 Å². The number of nitrogens with zero attached hydrogens (tertiary/aromatic N) is 1. The van der Waals surface area contributed by atoms with Crippen molar-refractivity contribution in [2.75, 3.05) is 0 Å². The summed E-state index contributed by atoms with van der Waals surface area (Å²) < 4.78 is 25.8. The third-order valence-electron chi connectivity index (χ3n) is 2.67. The standard InChI is InChI=1S/C16H9F2NO/c17-14-7-6-13(9-15(14)18)16(20)8-5-11-1-3-12(10-19)4-2-11/h1-9H/b8-5+. The first-order chi connectivity index (χ1) is 9.60. The molecule has 0 bridgehead atoms. The number of hydrogen-bond donors (Lipinski definition) is 0. The summed E-state index contributed by atoms with van der Waals surface area (Å²) in [6.45, 7) is 0. The van der Waals surface area contributed by atoms with Crippen molar-refractivity contribution in [2.24, 2.45) is 0 Å². The zero-order valence-electron chi connectivity index (χ0n) is 10.3. The molecule has 0 aromatic heterocycles. The van der Waals surface area contributed by atoms with Crippen molar-refractivity contribution in [3.63, 3.8) is 0 Å². The number of ketones is 1. The van der Waals surface area contributed by atoms with Crippen LogP contribution in [0.2, 0.25) is 0 Å². The van der Waals surface area contributed by atoms with Crippen LogP contribution >= 0.6 is 0 Å². The molecule has 0 spiro atoms. The quantitative estimate of drug-likeness (QED) is 0.629. The SMILES string of the molecule is N#Cc1ccc(/C=C/C(=O)c2ccc(F)c(F)c2)cc1. The number of benzene rings is 2. The molecule has 0 saturated carbocycles. The van der Waals surface area contributed by atoms with Crippen LogP contribution in [0.3, 0.4) is 0 Å². The Bertz CT molecular complexity index is 712. The number of carbonyl (C=O) groups is 1. The minimum atomic E-state index is -1.05. The van der Waals surface area contributed by atoms with Gasteiger partial charge in [-0.1, -0.05) is 18.2 Å². The number of hydrogen-bond acceptors (Lipinski definition) is 2. The number of allylic oxidation sites excluding steroid dienone is 1. The van der Waals surface area contributed by atoms with Crippen LogP contribution in [-0.2, 0) is 0 Å². The Balaban J connectivity index is 2.15. The molecule has 0 atom stereocenters. The maximum Gasteiger partial charge on any atom is 0.185 e. The number of nitriles is 1. The van der Waals surface area contributed by atoms with E-state index in [4.69, 9.17) is 5.26 Å². The predicted octanol–water partition coefficient (Wildman–Crippen LogP) is 3.73. The largest absolute Gasteiger partial charge is 0.289 e. The van der Waals surface area contributed by atoms with E-state index >= 15 is 0 Å². The van der Waals surface area contributed by atoms with Crippen LogP contribution in [0.25, 0.3) is 6.08 Å². The van der Waals surface area contributed by atoms with Crippen molar-refractivity contribution in [3.8, 4) is 6.07 Å². The Morgan fingerprint density at radius 2 is 1.75 bits per heavy atom. The van der Waals surface area contributed by atoms with Gasteiger partial charge in [-0.15, -0.1) is 0 Å². The molecule has 2 nitrogen and oxygen atoms in total. The second-order valence-electron chi connectivity index (χ2n) is 4.06. The van der Waals surface area contributed by atoms with Gasteiger partial charge in [0.05, 0.1) is 11.6 Å². The summed E-state index contributed by atoms with van der Waals surface area (Å²) in [5.74, 6) is -2.46. The summed E-state index contributed by atoms with van der Waals surface area (Å²) in [6.07, 6.45) is 2.82. The second-order valence-corrected chi connectivity index (χ2v) is 4.06. The van der Waals surface area contributed by atoms with Gasteiger partial charge in [0.15, 0.2) is 17.4 Å². The van der Waals surface area contributed by atoms with E-state index in [0.29, 0.717) is 5.56 Å². The predicted molar refractivity (Wildman–Crippen MR) is 70.9 cm³/mol. The van der Waals surface area contributed by atoms with Crippen LogP contribution in [0.15, 0.2) is 48.5 Å². The van der Waals surface area contributed by atoms with E-state index in [1.54, 1.807) is 30.3 Å². The molecule has 0 heterocycles. The first-order valence-corrected chi connectivity index (χ1v) is 5.78. The Labute approximate surface area is 114 Å². The van der Waals surface area contributed by atoms with Crippen LogP contribution in [-0.4, -0.2) is 5.78 Å². The fourth-order valence-corrected chi connectivity index (χ4v) is 1.59. The Morgan fingerprint density at radius 1 is 1.05 bits per heavy atom. The fraction of sp³-hybridized carbons (Fsp3) is 0. The first kappa shape index (κ1) is 13.6. The molecule has 0 N–H and O–H groups in total. The molecule has 0 saturated heterocycles. The molecule has 0 aliphatic heterocycles. The van der Waals surface area contributed by atoms with E-state index in [9.17, 15) is 13.6 Å². The molecule has 98 valence electrons. The van der Waals surface area contributed by atoms with Gasteiger partial charge in [-0.05, 0) is 42.0 Å². The van der Waals surface area contributed by atoms with Gasteiger partial charge in [0.2, 0.25) is 0 Å². The Hall–Kier alpha value is -2.80. The lowest BCUT2D eigenvalue weighted by molar-refractivity contribution is 0.104. The highest BCUT2D eigenvalue weighted by atomic mass is 19.2. The third kappa shape index (κ3) is 3.15. The molecule has 0 aliphatic rings. The minimum Gasteiger partial charge on any atom is -0.289 e. The van der Waals surface area contributed by atoms with Gasteiger partial charge in [0.25, 0.3) is 0 Å². The van der Waals surface area contributed by atoms with Crippen molar-refractivity contribution < 1.29 is 13.6 Å². The second kappa shape index (κ2) is 5.89. The molecule has 0 unspecified atom stereocenters. The van der Waals surface area contributed by atoms with E-state index in [1.807, 2.05) is 6.07 Å². The molecule has 20 heavy (non-hydrogen) atoms. The maximum atomic E-state index is 13.0. The van der Waals surface area contributed by atoms with E-state index in [0.717, 1.165) is 17.7 Å². The summed E-state index contributed by atoms with van der Waals surface area (Å²) >= 11 is 0. The van der Waals surface area contributed by atoms with Crippen molar-refractivity contribution in [1.29, 1.82) is 5.26 Å². The summed E-state index contributed by atoms with van der Waals surface area (Å²) in [5, 5.41) is 8.66. The molecular weight excluding hydrogens is 260 g/mol. The van der Waals surface area contributed by atoms with Gasteiger partial charge in [-0.3, -0.25) is 4.79 Å². The Morgan fingerprint density at radius 3 is 2.35 bits per heavy atom. The highest BCUT2D eigenvalue weighted by molar-refractivity contribution is 6.06. The monoisotopic (exact) mass is 269 g/mol. The van der Waals surface area contributed by atoms with E-state index in [1.165, 1.54) is 12.1 Å². The number of halogens is 2. The van der Waals surface area contributed by atoms with Crippen LogP contribution in [0, 0.1) is 23.0 Å². The molecule has 2 aromatic carbocycles. The molecule has 0 radical (unpaired) electrons. The number of rotatable bonds is 3. The summed E-state index contributed by atoms with van der Waals surface area (Å²) in [5.41, 5.74) is 1.34. The molecule has 0 aliphatic carbocycles. The van der Waals surface area contributed by atoms with Gasteiger partial charge in [0, 0.05) is 5.56 Å². The number of carbonyl (C=O) groups excluding carboxylic acids is 1. The average molecular weight is 269 g/mol. The van der Waals surface area contributed by atoms with E-state index in [2.05, 4.69) is 0 Å². The van der Waals surface area contributed by atoms with Gasteiger partial charge in [0.1, 0.15) is 0 Å². The van der Waals surface area contributed by atoms with Gasteiger partial charge in [-0.2, -0.15) is 5.26 Å². The highest BCUT2D eigenvalue weighted by Gasteiger charge is 2.06. The minimum absolute atomic E-state index is 0.0776.